The predicted molar refractivity (Wildman–Crippen MR) is 103 cm³/mol. The molecule has 4 nitrogen and oxygen atoms in total. The van der Waals surface area contributed by atoms with Crippen molar-refractivity contribution in [3.8, 4) is 0 Å². The van der Waals surface area contributed by atoms with Crippen LogP contribution in [-0.4, -0.2) is 44.0 Å². The summed E-state index contributed by atoms with van der Waals surface area (Å²) >= 11 is 3.29. The molecule has 144 valence electrons. The van der Waals surface area contributed by atoms with Gasteiger partial charge in [-0.2, -0.15) is 13.2 Å². The number of piperazine rings is 1. The summed E-state index contributed by atoms with van der Waals surface area (Å²) in [4.78, 5) is 16.7. The van der Waals surface area contributed by atoms with Crippen molar-refractivity contribution >= 4 is 33.2 Å². The molecule has 1 N–H and O–H groups in total. The van der Waals surface area contributed by atoms with Crippen LogP contribution < -0.4 is 10.2 Å². The Morgan fingerprint density at radius 2 is 1.67 bits per heavy atom. The number of hydrogen-bond acceptors (Lipinski definition) is 3. The van der Waals surface area contributed by atoms with Crippen molar-refractivity contribution in [2.24, 2.45) is 0 Å². The SMILES string of the molecule is CN1CCN(c2ccc(C(F)(F)F)cc2NC(=O)c2ccc(Br)cc2)CC1. The van der Waals surface area contributed by atoms with Gasteiger partial charge in [0, 0.05) is 36.2 Å². The number of halogens is 4. The van der Waals surface area contributed by atoms with Gasteiger partial charge in [-0.3, -0.25) is 4.79 Å². The van der Waals surface area contributed by atoms with E-state index >= 15 is 0 Å². The molecular weight excluding hydrogens is 423 g/mol. The minimum absolute atomic E-state index is 0.169. The van der Waals surface area contributed by atoms with E-state index in [2.05, 4.69) is 26.1 Å². The van der Waals surface area contributed by atoms with Crippen molar-refractivity contribution in [2.75, 3.05) is 43.4 Å². The number of benzene rings is 2. The molecule has 0 aliphatic carbocycles. The van der Waals surface area contributed by atoms with Crippen molar-refractivity contribution in [3.63, 3.8) is 0 Å². The summed E-state index contributed by atoms with van der Waals surface area (Å²) in [6, 6.07) is 10.1. The molecule has 0 radical (unpaired) electrons. The quantitative estimate of drug-likeness (QED) is 0.762. The number of hydrogen-bond donors (Lipinski definition) is 1. The van der Waals surface area contributed by atoms with Crippen molar-refractivity contribution in [2.45, 2.75) is 6.18 Å². The van der Waals surface area contributed by atoms with Crippen LogP contribution in [0.1, 0.15) is 15.9 Å². The summed E-state index contributed by atoms with van der Waals surface area (Å²) in [6.45, 7) is 2.98. The second-order valence-corrected chi connectivity index (χ2v) is 7.40. The fourth-order valence-electron chi connectivity index (χ4n) is 2.93. The van der Waals surface area contributed by atoms with Gasteiger partial charge in [0.05, 0.1) is 16.9 Å². The van der Waals surface area contributed by atoms with Gasteiger partial charge < -0.3 is 15.1 Å². The normalized spacial score (nSPS) is 15.7. The largest absolute Gasteiger partial charge is 0.416 e. The first-order valence-electron chi connectivity index (χ1n) is 8.46. The average molecular weight is 442 g/mol. The highest BCUT2D eigenvalue weighted by molar-refractivity contribution is 9.10. The van der Waals surface area contributed by atoms with Crippen LogP contribution >= 0.6 is 15.9 Å². The second-order valence-electron chi connectivity index (χ2n) is 6.48. The summed E-state index contributed by atoms with van der Waals surface area (Å²) in [7, 11) is 2.00. The maximum atomic E-state index is 13.2. The molecule has 1 aliphatic rings. The molecule has 1 aliphatic heterocycles. The number of likely N-dealkylation sites (N-methyl/N-ethyl adjacent to an activating group) is 1. The number of anilines is 2. The third kappa shape index (κ3) is 4.81. The van der Waals surface area contributed by atoms with E-state index in [1.807, 2.05) is 11.9 Å². The Hall–Kier alpha value is -2.06. The molecule has 0 atom stereocenters. The van der Waals surface area contributed by atoms with Crippen LogP contribution in [0.15, 0.2) is 46.9 Å². The molecule has 0 unspecified atom stereocenters. The Morgan fingerprint density at radius 1 is 1.04 bits per heavy atom. The standard InChI is InChI=1S/C19H19BrF3N3O/c1-25-8-10-26(11-9-25)17-7-4-14(19(21,22)23)12-16(17)24-18(27)13-2-5-15(20)6-3-13/h2-7,12H,8-11H2,1H3,(H,24,27). The maximum absolute atomic E-state index is 13.2. The number of alkyl halides is 3. The molecule has 2 aromatic rings. The van der Waals surface area contributed by atoms with Gasteiger partial charge in [-0.1, -0.05) is 15.9 Å². The zero-order chi connectivity index (χ0) is 19.6. The first-order chi connectivity index (χ1) is 12.7. The zero-order valence-corrected chi connectivity index (χ0v) is 16.3. The van der Waals surface area contributed by atoms with E-state index in [1.165, 1.54) is 6.07 Å². The molecule has 27 heavy (non-hydrogen) atoms. The fraction of sp³-hybridized carbons (Fsp3) is 0.316. The summed E-state index contributed by atoms with van der Waals surface area (Å²) in [6.07, 6.45) is -4.47. The molecule has 0 spiro atoms. The highest BCUT2D eigenvalue weighted by Crippen LogP contribution is 2.36. The minimum Gasteiger partial charge on any atom is -0.367 e. The summed E-state index contributed by atoms with van der Waals surface area (Å²) in [5.41, 5.74) is 0.357. The average Bonchev–Trinajstić information content (AvgIpc) is 2.62. The molecule has 0 saturated carbocycles. The fourth-order valence-corrected chi connectivity index (χ4v) is 3.20. The van der Waals surface area contributed by atoms with Crippen LogP contribution in [-0.2, 0) is 6.18 Å². The van der Waals surface area contributed by atoms with Gasteiger partial charge in [-0.05, 0) is 49.5 Å². The van der Waals surface area contributed by atoms with Crippen LogP contribution in [0.2, 0.25) is 0 Å². The third-order valence-corrected chi connectivity index (χ3v) is 5.05. The number of nitrogens with one attached hydrogen (secondary N) is 1. The van der Waals surface area contributed by atoms with Crippen LogP contribution in [0.3, 0.4) is 0 Å². The van der Waals surface area contributed by atoms with Crippen molar-refractivity contribution in [1.29, 1.82) is 0 Å². The number of carbonyl (C=O) groups is 1. The molecule has 1 amide bonds. The van der Waals surface area contributed by atoms with Gasteiger partial charge in [0.25, 0.3) is 5.91 Å². The van der Waals surface area contributed by atoms with Crippen LogP contribution in [0, 0.1) is 0 Å². The van der Waals surface area contributed by atoms with Gasteiger partial charge in [0.15, 0.2) is 0 Å². The van der Waals surface area contributed by atoms with Gasteiger partial charge in [0.2, 0.25) is 0 Å². The summed E-state index contributed by atoms with van der Waals surface area (Å²) in [5.74, 6) is -0.447. The first-order valence-corrected chi connectivity index (χ1v) is 9.25. The van der Waals surface area contributed by atoms with Crippen LogP contribution in [0.4, 0.5) is 24.5 Å². The zero-order valence-electron chi connectivity index (χ0n) is 14.7. The van der Waals surface area contributed by atoms with E-state index < -0.39 is 17.6 Å². The molecule has 8 heteroatoms. The molecule has 0 bridgehead atoms. The number of nitrogens with zero attached hydrogens (tertiary/aromatic N) is 2. The monoisotopic (exact) mass is 441 g/mol. The van der Waals surface area contributed by atoms with E-state index in [-0.39, 0.29) is 5.69 Å². The Labute approximate surface area is 164 Å². The van der Waals surface area contributed by atoms with Gasteiger partial charge in [0.1, 0.15) is 0 Å². The molecule has 0 aromatic heterocycles. The van der Waals surface area contributed by atoms with Crippen molar-refractivity contribution < 1.29 is 18.0 Å². The maximum Gasteiger partial charge on any atom is 0.416 e. The van der Waals surface area contributed by atoms with Gasteiger partial charge in [-0.15, -0.1) is 0 Å². The lowest BCUT2D eigenvalue weighted by atomic mass is 10.1. The Balaban J connectivity index is 1.92. The van der Waals surface area contributed by atoms with E-state index in [4.69, 9.17) is 0 Å². The Bertz CT molecular complexity index is 816. The van der Waals surface area contributed by atoms with E-state index in [0.29, 0.717) is 24.3 Å². The summed E-state index contributed by atoms with van der Waals surface area (Å²) < 4.78 is 40.3. The third-order valence-electron chi connectivity index (χ3n) is 4.52. The molecule has 3 rings (SSSR count). The number of carbonyl (C=O) groups excluding carboxylic acids is 1. The lowest BCUT2D eigenvalue weighted by Crippen LogP contribution is -2.44. The highest BCUT2D eigenvalue weighted by atomic mass is 79.9. The van der Waals surface area contributed by atoms with E-state index in [9.17, 15) is 18.0 Å². The molecule has 1 heterocycles. The van der Waals surface area contributed by atoms with E-state index in [1.54, 1.807) is 24.3 Å². The van der Waals surface area contributed by atoms with Crippen molar-refractivity contribution in [3.05, 3.63) is 58.1 Å². The van der Waals surface area contributed by atoms with Crippen LogP contribution in [0.5, 0.6) is 0 Å². The van der Waals surface area contributed by atoms with Crippen LogP contribution in [0.25, 0.3) is 0 Å². The predicted octanol–water partition coefficient (Wildman–Crippen LogP) is 4.47. The second kappa shape index (κ2) is 7.90. The Kier molecular flexibility index (Phi) is 5.76. The minimum atomic E-state index is -4.47. The number of amides is 1. The lowest BCUT2D eigenvalue weighted by molar-refractivity contribution is -0.137. The highest BCUT2D eigenvalue weighted by Gasteiger charge is 2.32. The lowest BCUT2D eigenvalue weighted by Gasteiger charge is -2.35. The summed E-state index contributed by atoms with van der Waals surface area (Å²) in [5, 5.41) is 2.66. The van der Waals surface area contributed by atoms with Gasteiger partial charge in [-0.25, -0.2) is 0 Å². The first kappa shape index (κ1) is 19.7. The van der Waals surface area contributed by atoms with Gasteiger partial charge >= 0.3 is 6.18 Å². The molecule has 1 fully saturated rings. The molecule has 1 saturated heterocycles. The molecular formula is C19H19BrF3N3O. The smallest absolute Gasteiger partial charge is 0.367 e. The van der Waals surface area contributed by atoms with E-state index in [0.717, 1.165) is 29.7 Å². The Morgan fingerprint density at radius 3 is 2.26 bits per heavy atom. The van der Waals surface area contributed by atoms with Crippen molar-refractivity contribution in [1.82, 2.24) is 4.90 Å². The molecule has 2 aromatic carbocycles. The topological polar surface area (TPSA) is 35.6 Å². The number of rotatable bonds is 3.